The van der Waals surface area contributed by atoms with Crippen molar-refractivity contribution in [2.45, 2.75) is 19.0 Å². The van der Waals surface area contributed by atoms with E-state index in [-0.39, 0.29) is 42.6 Å². The van der Waals surface area contributed by atoms with Crippen molar-refractivity contribution in [1.29, 1.82) is 0 Å². The van der Waals surface area contributed by atoms with Crippen LogP contribution >= 0.6 is 11.6 Å². The maximum Gasteiger partial charge on any atom is 0.391 e. The van der Waals surface area contributed by atoms with Crippen LogP contribution in [0.5, 0.6) is 0 Å². The SMILES string of the molecule is O=[N+]([O-])c1cc(Cl)nc(N2CCC(C(F)(F)F)CC2)c1. The zero-order chi connectivity index (χ0) is 14.9. The molecule has 110 valence electrons. The van der Waals surface area contributed by atoms with Crippen molar-refractivity contribution >= 4 is 23.1 Å². The molecule has 1 fully saturated rings. The molecular formula is C11H11ClF3N3O2. The summed E-state index contributed by atoms with van der Waals surface area (Å²) in [6.45, 7) is 0.295. The van der Waals surface area contributed by atoms with Crippen LogP contribution in [0.3, 0.4) is 0 Å². The highest BCUT2D eigenvalue weighted by Gasteiger charge is 2.41. The van der Waals surface area contributed by atoms with E-state index in [1.54, 1.807) is 4.90 Å². The van der Waals surface area contributed by atoms with Gasteiger partial charge in [0, 0.05) is 13.1 Å². The highest BCUT2D eigenvalue weighted by atomic mass is 35.5. The maximum absolute atomic E-state index is 12.6. The summed E-state index contributed by atoms with van der Waals surface area (Å²) >= 11 is 5.69. The molecule has 0 spiro atoms. The number of alkyl halides is 3. The van der Waals surface area contributed by atoms with E-state index in [1.165, 1.54) is 6.07 Å². The first-order chi connectivity index (χ1) is 9.27. The molecule has 0 saturated carbocycles. The Morgan fingerprint density at radius 2 is 1.95 bits per heavy atom. The van der Waals surface area contributed by atoms with Gasteiger partial charge in [-0.15, -0.1) is 0 Å². The minimum absolute atomic E-state index is 0.0489. The zero-order valence-electron chi connectivity index (χ0n) is 10.2. The summed E-state index contributed by atoms with van der Waals surface area (Å²) < 4.78 is 37.7. The van der Waals surface area contributed by atoms with Gasteiger partial charge in [-0.1, -0.05) is 11.6 Å². The van der Waals surface area contributed by atoms with Gasteiger partial charge in [-0.2, -0.15) is 13.2 Å². The second-order valence-electron chi connectivity index (χ2n) is 4.57. The molecule has 0 aromatic carbocycles. The van der Waals surface area contributed by atoms with Gasteiger partial charge in [0.25, 0.3) is 5.69 Å². The first-order valence-corrected chi connectivity index (χ1v) is 6.29. The fourth-order valence-corrected chi connectivity index (χ4v) is 2.37. The van der Waals surface area contributed by atoms with E-state index >= 15 is 0 Å². The molecule has 1 aliphatic rings. The fourth-order valence-electron chi connectivity index (χ4n) is 2.17. The number of hydrogen-bond donors (Lipinski definition) is 0. The molecule has 1 aromatic rings. The van der Waals surface area contributed by atoms with E-state index in [9.17, 15) is 23.3 Å². The van der Waals surface area contributed by atoms with Crippen LogP contribution < -0.4 is 4.90 Å². The Labute approximate surface area is 117 Å². The number of hydrogen-bond acceptors (Lipinski definition) is 4. The van der Waals surface area contributed by atoms with Crippen molar-refractivity contribution in [3.05, 3.63) is 27.4 Å². The zero-order valence-corrected chi connectivity index (χ0v) is 11.0. The molecule has 0 amide bonds. The van der Waals surface area contributed by atoms with Crippen LogP contribution in [0.1, 0.15) is 12.8 Å². The number of aromatic nitrogens is 1. The van der Waals surface area contributed by atoms with Gasteiger partial charge >= 0.3 is 6.18 Å². The minimum atomic E-state index is -4.19. The van der Waals surface area contributed by atoms with Crippen LogP contribution in [0, 0.1) is 16.0 Å². The van der Waals surface area contributed by atoms with Gasteiger partial charge in [0.1, 0.15) is 11.0 Å². The van der Waals surface area contributed by atoms with Gasteiger partial charge in [-0.25, -0.2) is 4.98 Å². The van der Waals surface area contributed by atoms with E-state index in [0.29, 0.717) is 0 Å². The molecule has 0 unspecified atom stereocenters. The molecule has 0 N–H and O–H groups in total. The summed E-state index contributed by atoms with van der Waals surface area (Å²) in [5.41, 5.74) is -0.224. The predicted molar refractivity (Wildman–Crippen MR) is 66.9 cm³/mol. The highest BCUT2D eigenvalue weighted by molar-refractivity contribution is 6.29. The number of rotatable bonds is 2. The molecule has 2 heterocycles. The summed E-state index contributed by atoms with van der Waals surface area (Å²) in [4.78, 5) is 15.6. The summed E-state index contributed by atoms with van der Waals surface area (Å²) in [7, 11) is 0. The molecule has 1 saturated heterocycles. The molecular weight excluding hydrogens is 299 g/mol. The lowest BCUT2D eigenvalue weighted by Crippen LogP contribution is -2.39. The van der Waals surface area contributed by atoms with E-state index < -0.39 is 17.0 Å². The van der Waals surface area contributed by atoms with Crippen LogP contribution in [-0.2, 0) is 0 Å². The van der Waals surface area contributed by atoms with Crippen LogP contribution in [0.4, 0.5) is 24.7 Å². The fraction of sp³-hybridized carbons (Fsp3) is 0.545. The number of piperidine rings is 1. The molecule has 0 radical (unpaired) electrons. The minimum Gasteiger partial charge on any atom is -0.356 e. The average Bonchev–Trinajstić information content (AvgIpc) is 2.37. The Morgan fingerprint density at radius 3 is 2.45 bits per heavy atom. The molecule has 1 aromatic heterocycles. The van der Waals surface area contributed by atoms with Crippen LogP contribution in [0.15, 0.2) is 12.1 Å². The van der Waals surface area contributed by atoms with E-state index in [0.717, 1.165) is 6.07 Å². The Hall–Kier alpha value is -1.57. The van der Waals surface area contributed by atoms with Gasteiger partial charge in [0.05, 0.1) is 23.0 Å². The molecule has 0 atom stereocenters. The van der Waals surface area contributed by atoms with E-state index in [4.69, 9.17) is 11.6 Å². The first-order valence-electron chi connectivity index (χ1n) is 5.91. The largest absolute Gasteiger partial charge is 0.391 e. The smallest absolute Gasteiger partial charge is 0.356 e. The lowest BCUT2D eigenvalue weighted by atomic mass is 9.96. The second-order valence-corrected chi connectivity index (χ2v) is 4.95. The summed E-state index contributed by atoms with van der Waals surface area (Å²) in [5, 5.41) is 10.7. The van der Waals surface area contributed by atoms with Crippen molar-refractivity contribution in [3.8, 4) is 0 Å². The van der Waals surface area contributed by atoms with Crippen molar-refractivity contribution in [1.82, 2.24) is 4.98 Å². The Bertz CT molecular complexity index is 516. The normalized spacial score (nSPS) is 17.3. The highest BCUT2D eigenvalue weighted by Crippen LogP contribution is 2.35. The van der Waals surface area contributed by atoms with E-state index in [1.807, 2.05) is 0 Å². The molecule has 0 bridgehead atoms. The van der Waals surface area contributed by atoms with Crippen molar-refractivity contribution < 1.29 is 18.1 Å². The van der Waals surface area contributed by atoms with Crippen LogP contribution in [-0.4, -0.2) is 29.2 Å². The molecule has 0 aliphatic carbocycles. The Kier molecular flexibility index (Phi) is 4.03. The van der Waals surface area contributed by atoms with Gasteiger partial charge in [0.15, 0.2) is 0 Å². The molecule has 20 heavy (non-hydrogen) atoms. The lowest BCUT2D eigenvalue weighted by Gasteiger charge is -2.33. The third-order valence-electron chi connectivity index (χ3n) is 3.26. The second kappa shape index (κ2) is 5.43. The number of halogens is 4. The first kappa shape index (κ1) is 14.8. The standard InChI is InChI=1S/C11H11ClF3N3O2/c12-9-5-8(18(19)20)6-10(16-9)17-3-1-7(2-4-17)11(13,14)15/h5-7H,1-4H2. The number of anilines is 1. The van der Waals surface area contributed by atoms with Gasteiger partial charge in [-0.05, 0) is 12.8 Å². The van der Waals surface area contributed by atoms with Crippen LogP contribution in [0.25, 0.3) is 0 Å². The number of nitrogens with zero attached hydrogens (tertiary/aromatic N) is 3. The van der Waals surface area contributed by atoms with Gasteiger partial charge in [-0.3, -0.25) is 10.1 Å². The average molecular weight is 310 g/mol. The Morgan fingerprint density at radius 1 is 1.35 bits per heavy atom. The third-order valence-corrected chi connectivity index (χ3v) is 3.45. The quantitative estimate of drug-likeness (QED) is 0.477. The number of pyridine rings is 1. The van der Waals surface area contributed by atoms with Crippen LogP contribution in [0.2, 0.25) is 5.15 Å². The topological polar surface area (TPSA) is 59.3 Å². The van der Waals surface area contributed by atoms with E-state index in [2.05, 4.69) is 4.98 Å². The molecule has 9 heteroatoms. The maximum atomic E-state index is 12.6. The molecule has 1 aliphatic heterocycles. The Balaban J connectivity index is 2.13. The third kappa shape index (κ3) is 3.30. The van der Waals surface area contributed by atoms with Crippen molar-refractivity contribution in [2.75, 3.05) is 18.0 Å². The lowest BCUT2D eigenvalue weighted by molar-refractivity contribution is -0.384. The van der Waals surface area contributed by atoms with Gasteiger partial charge < -0.3 is 4.90 Å². The predicted octanol–water partition coefficient (Wildman–Crippen LogP) is 3.42. The van der Waals surface area contributed by atoms with Crippen molar-refractivity contribution in [3.63, 3.8) is 0 Å². The van der Waals surface area contributed by atoms with Crippen molar-refractivity contribution in [2.24, 2.45) is 5.92 Å². The summed E-state index contributed by atoms with van der Waals surface area (Å²) in [6.07, 6.45) is -4.29. The molecule has 2 rings (SSSR count). The van der Waals surface area contributed by atoms with Gasteiger partial charge in [0.2, 0.25) is 0 Å². The summed E-state index contributed by atoms with van der Waals surface area (Å²) in [5.74, 6) is -1.09. The molecule has 5 nitrogen and oxygen atoms in total. The number of nitro groups is 1. The monoisotopic (exact) mass is 309 g/mol. The summed E-state index contributed by atoms with van der Waals surface area (Å²) in [6, 6.07) is 2.33.